The molecule has 1 saturated heterocycles. The summed E-state index contributed by atoms with van der Waals surface area (Å²) >= 11 is 13.7. The number of carbonyl (C=O) groups excluding carboxylic acids is 1. The largest absolute Gasteiger partial charge is 0.493 e. The number of likely N-dealkylation sites (tertiary alicyclic amines) is 1. The Balaban J connectivity index is 1.75. The lowest BCUT2D eigenvalue weighted by Crippen LogP contribution is -2.47. The normalized spacial score (nSPS) is 16.9. The molecule has 1 aliphatic rings. The summed E-state index contributed by atoms with van der Waals surface area (Å²) in [5.74, 6) is 2.10. The summed E-state index contributed by atoms with van der Waals surface area (Å²) < 4.78 is 5.80. The first-order valence-corrected chi connectivity index (χ1v) is 10.3. The van der Waals surface area contributed by atoms with Crippen LogP contribution in [-0.2, 0) is 4.79 Å². The van der Waals surface area contributed by atoms with Gasteiger partial charge in [0.05, 0.1) is 12.6 Å². The van der Waals surface area contributed by atoms with Crippen LogP contribution in [0.1, 0.15) is 19.3 Å². The van der Waals surface area contributed by atoms with E-state index in [1.54, 1.807) is 30.0 Å². The highest BCUT2D eigenvalue weighted by molar-refractivity contribution is 7.98. The Hall–Kier alpha value is -0.620. The first-order chi connectivity index (χ1) is 11.5. The molecule has 1 aromatic carbocycles. The van der Waals surface area contributed by atoms with Crippen molar-refractivity contribution < 1.29 is 9.53 Å². The molecule has 1 fully saturated rings. The molecular formula is C17H24Cl2N2O2S. The third kappa shape index (κ3) is 6.03. The highest BCUT2D eigenvalue weighted by Crippen LogP contribution is 2.26. The van der Waals surface area contributed by atoms with Gasteiger partial charge in [0.2, 0.25) is 5.91 Å². The lowest BCUT2D eigenvalue weighted by Gasteiger charge is -2.33. The predicted molar refractivity (Wildman–Crippen MR) is 102 cm³/mol. The molecule has 24 heavy (non-hydrogen) atoms. The standard InChI is InChI=1S/C17H24Cl2N2O2S/c1-24-7-4-16(20)17(22)21-5-2-12(3-6-21)11-23-15-9-13(18)8-14(19)10-15/h8-10,12,16H,2-7,11,20H2,1H3/t16-/m0/s1. The Labute approximate surface area is 158 Å². The minimum absolute atomic E-state index is 0.0741. The van der Waals surface area contributed by atoms with Crippen LogP contribution in [0.5, 0.6) is 5.75 Å². The molecule has 2 rings (SSSR count). The summed E-state index contributed by atoms with van der Waals surface area (Å²) in [4.78, 5) is 14.2. The molecule has 1 amide bonds. The molecule has 1 aliphatic heterocycles. The predicted octanol–water partition coefficient (Wildman–Crippen LogP) is 3.69. The Kier molecular flexibility index (Phi) is 8.01. The van der Waals surface area contributed by atoms with Crippen LogP contribution in [-0.4, -0.2) is 48.6 Å². The fourth-order valence-electron chi connectivity index (χ4n) is 2.75. The average Bonchev–Trinajstić information content (AvgIpc) is 2.57. The van der Waals surface area contributed by atoms with E-state index in [9.17, 15) is 4.79 Å². The highest BCUT2D eigenvalue weighted by Gasteiger charge is 2.26. The van der Waals surface area contributed by atoms with Crippen molar-refractivity contribution in [3.63, 3.8) is 0 Å². The summed E-state index contributed by atoms with van der Waals surface area (Å²) in [6.07, 6.45) is 4.61. The van der Waals surface area contributed by atoms with E-state index in [2.05, 4.69) is 0 Å². The summed E-state index contributed by atoms with van der Waals surface area (Å²) in [5.41, 5.74) is 5.98. The third-order valence-electron chi connectivity index (χ3n) is 4.20. The monoisotopic (exact) mass is 390 g/mol. The molecular weight excluding hydrogens is 367 g/mol. The minimum Gasteiger partial charge on any atom is -0.493 e. The molecule has 1 aromatic rings. The molecule has 2 N–H and O–H groups in total. The number of rotatable bonds is 7. The van der Waals surface area contributed by atoms with Crippen LogP contribution in [0.2, 0.25) is 10.0 Å². The first kappa shape index (κ1) is 19.7. The topological polar surface area (TPSA) is 55.6 Å². The molecule has 0 spiro atoms. The number of hydrogen-bond donors (Lipinski definition) is 1. The Morgan fingerprint density at radius 3 is 2.54 bits per heavy atom. The summed E-state index contributed by atoms with van der Waals surface area (Å²) in [6, 6.07) is 4.83. The van der Waals surface area contributed by atoms with E-state index in [-0.39, 0.29) is 11.9 Å². The molecule has 134 valence electrons. The van der Waals surface area contributed by atoms with Crippen LogP contribution in [0, 0.1) is 5.92 Å². The second kappa shape index (κ2) is 9.76. The quantitative estimate of drug-likeness (QED) is 0.770. The van der Waals surface area contributed by atoms with Gasteiger partial charge in [0.15, 0.2) is 0 Å². The number of ether oxygens (including phenoxy) is 1. The van der Waals surface area contributed by atoms with E-state index >= 15 is 0 Å². The van der Waals surface area contributed by atoms with Gasteiger partial charge >= 0.3 is 0 Å². The molecule has 7 heteroatoms. The Morgan fingerprint density at radius 2 is 1.96 bits per heavy atom. The van der Waals surface area contributed by atoms with Gasteiger partial charge < -0.3 is 15.4 Å². The molecule has 0 aliphatic carbocycles. The van der Waals surface area contributed by atoms with Crippen molar-refractivity contribution in [3.8, 4) is 5.75 Å². The summed E-state index contributed by atoms with van der Waals surface area (Å²) in [6.45, 7) is 2.10. The number of hydrogen-bond acceptors (Lipinski definition) is 4. The fourth-order valence-corrected chi connectivity index (χ4v) is 3.74. The Morgan fingerprint density at radius 1 is 1.33 bits per heavy atom. The highest BCUT2D eigenvalue weighted by atomic mass is 35.5. The number of nitrogens with two attached hydrogens (primary N) is 1. The van der Waals surface area contributed by atoms with Gasteiger partial charge in [-0.25, -0.2) is 0 Å². The zero-order valence-corrected chi connectivity index (χ0v) is 16.2. The molecule has 0 unspecified atom stereocenters. The van der Waals surface area contributed by atoms with Gasteiger partial charge in [-0.2, -0.15) is 11.8 Å². The maximum atomic E-state index is 12.3. The van der Waals surface area contributed by atoms with Crippen molar-refractivity contribution >= 4 is 40.9 Å². The maximum Gasteiger partial charge on any atom is 0.239 e. The maximum absolute atomic E-state index is 12.3. The van der Waals surface area contributed by atoms with E-state index in [0.717, 1.165) is 38.1 Å². The van der Waals surface area contributed by atoms with Crippen molar-refractivity contribution in [1.29, 1.82) is 0 Å². The first-order valence-electron chi connectivity index (χ1n) is 8.11. The van der Waals surface area contributed by atoms with Crippen molar-refractivity contribution in [1.82, 2.24) is 4.90 Å². The van der Waals surface area contributed by atoms with Gasteiger partial charge in [-0.15, -0.1) is 0 Å². The van der Waals surface area contributed by atoms with Crippen LogP contribution in [0.4, 0.5) is 0 Å². The Bertz CT molecular complexity index is 531. The average molecular weight is 391 g/mol. The lowest BCUT2D eigenvalue weighted by atomic mass is 9.97. The van der Waals surface area contributed by atoms with Crippen LogP contribution < -0.4 is 10.5 Å². The van der Waals surface area contributed by atoms with Crippen LogP contribution in [0.15, 0.2) is 18.2 Å². The van der Waals surface area contributed by atoms with Crippen LogP contribution >= 0.6 is 35.0 Å². The second-order valence-corrected chi connectivity index (χ2v) is 7.93. The lowest BCUT2D eigenvalue weighted by molar-refractivity contribution is -0.134. The van der Waals surface area contributed by atoms with E-state index in [4.69, 9.17) is 33.7 Å². The molecule has 0 radical (unpaired) electrons. The molecule has 0 aromatic heterocycles. The number of nitrogens with zero attached hydrogens (tertiary/aromatic N) is 1. The number of amides is 1. The SMILES string of the molecule is CSCC[C@H](N)C(=O)N1CCC(COc2cc(Cl)cc(Cl)c2)CC1. The van der Waals surface area contributed by atoms with Gasteiger partial charge in [0.25, 0.3) is 0 Å². The van der Waals surface area contributed by atoms with E-state index < -0.39 is 0 Å². The van der Waals surface area contributed by atoms with Gasteiger partial charge in [-0.3, -0.25) is 4.79 Å². The second-order valence-electron chi connectivity index (χ2n) is 6.07. The van der Waals surface area contributed by atoms with E-state index in [1.807, 2.05) is 11.2 Å². The number of piperidine rings is 1. The molecule has 0 saturated carbocycles. The van der Waals surface area contributed by atoms with Gasteiger partial charge in [-0.05, 0) is 55.4 Å². The van der Waals surface area contributed by atoms with Crippen molar-refractivity contribution in [2.24, 2.45) is 11.7 Å². The fraction of sp³-hybridized carbons (Fsp3) is 0.588. The molecule has 1 heterocycles. The summed E-state index contributed by atoms with van der Waals surface area (Å²) in [7, 11) is 0. The number of halogens is 2. The van der Waals surface area contributed by atoms with Crippen LogP contribution in [0.3, 0.4) is 0 Å². The van der Waals surface area contributed by atoms with E-state index in [1.165, 1.54) is 0 Å². The third-order valence-corrected chi connectivity index (χ3v) is 5.28. The minimum atomic E-state index is -0.376. The number of benzene rings is 1. The molecule has 0 bridgehead atoms. The van der Waals surface area contributed by atoms with Crippen molar-refractivity contribution in [3.05, 3.63) is 28.2 Å². The molecule has 4 nitrogen and oxygen atoms in total. The number of thioether (sulfide) groups is 1. The van der Waals surface area contributed by atoms with Crippen molar-refractivity contribution in [2.45, 2.75) is 25.3 Å². The van der Waals surface area contributed by atoms with Crippen LogP contribution in [0.25, 0.3) is 0 Å². The van der Waals surface area contributed by atoms with Crippen molar-refractivity contribution in [2.75, 3.05) is 31.7 Å². The summed E-state index contributed by atoms with van der Waals surface area (Å²) in [5, 5.41) is 1.13. The molecule has 1 atom stereocenters. The van der Waals surface area contributed by atoms with Gasteiger partial charge in [0.1, 0.15) is 5.75 Å². The smallest absolute Gasteiger partial charge is 0.239 e. The zero-order chi connectivity index (χ0) is 17.5. The zero-order valence-electron chi connectivity index (χ0n) is 13.8. The number of carbonyl (C=O) groups is 1. The van der Waals surface area contributed by atoms with Gasteiger partial charge in [-0.1, -0.05) is 23.2 Å². The van der Waals surface area contributed by atoms with Gasteiger partial charge in [0, 0.05) is 23.1 Å². The van der Waals surface area contributed by atoms with E-state index in [0.29, 0.717) is 28.3 Å².